The third-order valence-electron chi connectivity index (χ3n) is 10.2. The van der Waals surface area contributed by atoms with Crippen LogP contribution >= 0.6 is 0 Å². The van der Waals surface area contributed by atoms with Crippen LogP contribution in [-0.2, 0) is 0 Å². The maximum atomic E-state index is 4.67. The first-order valence-electron chi connectivity index (χ1n) is 16.8. The van der Waals surface area contributed by atoms with Gasteiger partial charge in [0.2, 0.25) is 0 Å². The van der Waals surface area contributed by atoms with Crippen molar-refractivity contribution < 1.29 is 0 Å². The molecular formula is C46H31N3. The van der Waals surface area contributed by atoms with Crippen LogP contribution in [0.2, 0.25) is 0 Å². The lowest BCUT2D eigenvalue weighted by atomic mass is 10.0. The SMILES string of the molecule is C=Cc1c(/C=C\C)n(-c2ccccc2)c2ccc(-c3ccc4c5ccccc5n(-c5cc6c7c(cncc7c5)-c5ccccc5-6)c4c3)cc12. The maximum Gasteiger partial charge on any atom is 0.0547 e. The van der Waals surface area contributed by atoms with Crippen LogP contribution in [0.25, 0.3) is 100 Å². The minimum atomic E-state index is 1.13. The van der Waals surface area contributed by atoms with Gasteiger partial charge in [0.05, 0.1) is 22.2 Å². The molecule has 0 radical (unpaired) electrons. The van der Waals surface area contributed by atoms with Crippen LogP contribution in [0.4, 0.5) is 0 Å². The van der Waals surface area contributed by atoms with Crippen molar-refractivity contribution in [3.8, 4) is 44.8 Å². The summed E-state index contributed by atoms with van der Waals surface area (Å²) >= 11 is 0. The smallest absolute Gasteiger partial charge is 0.0547 e. The summed E-state index contributed by atoms with van der Waals surface area (Å²) in [5.74, 6) is 0. The average Bonchev–Trinajstić information content (AvgIpc) is 3.77. The van der Waals surface area contributed by atoms with E-state index in [-0.39, 0.29) is 0 Å². The van der Waals surface area contributed by atoms with Crippen molar-refractivity contribution in [2.75, 3.05) is 0 Å². The summed E-state index contributed by atoms with van der Waals surface area (Å²) in [6.07, 6.45) is 10.3. The lowest BCUT2D eigenvalue weighted by molar-refractivity contribution is 1.10. The fraction of sp³-hybridized carbons (Fsp3) is 0.0217. The third kappa shape index (κ3) is 3.93. The molecule has 10 rings (SSSR count). The van der Waals surface area contributed by atoms with E-state index in [9.17, 15) is 0 Å². The molecule has 0 aliphatic heterocycles. The predicted octanol–water partition coefficient (Wildman–Crippen LogP) is 12.3. The monoisotopic (exact) mass is 625 g/mol. The lowest BCUT2D eigenvalue weighted by Gasteiger charge is -2.12. The molecule has 0 unspecified atom stereocenters. The standard InChI is InChI=1S/C46H31N3/c1-3-12-42-34(4-2)39-24-29(20-22-44(39)48(42)32-13-6-5-7-14-32)30-19-21-38-37-17-10-11-18-43(37)49(45(38)25-30)33-23-31-27-47-28-41-36-16-9-8-15-35(36)40(26-33)46(31)41/h3-28H,2H2,1H3/b12-3-. The number of para-hydroxylation sites is 2. The summed E-state index contributed by atoms with van der Waals surface area (Å²) in [4.78, 5) is 4.67. The largest absolute Gasteiger partial charge is 0.309 e. The Balaban J connectivity index is 1.21. The van der Waals surface area contributed by atoms with Gasteiger partial charge in [-0.2, -0.15) is 0 Å². The highest BCUT2D eigenvalue weighted by Gasteiger charge is 2.24. The Hall–Kier alpha value is -6.45. The van der Waals surface area contributed by atoms with E-state index < -0.39 is 0 Å². The van der Waals surface area contributed by atoms with Crippen molar-refractivity contribution in [2.45, 2.75) is 6.92 Å². The van der Waals surface area contributed by atoms with Gasteiger partial charge in [-0.3, -0.25) is 4.98 Å². The minimum Gasteiger partial charge on any atom is -0.309 e. The first-order valence-corrected chi connectivity index (χ1v) is 16.8. The number of allylic oxidation sites excluding steroid dienone is 1. The summed E-state index contributed by atoms with van der Waals surface area (Å²) < 4.78 is 4.76. The fourth-order valence-electron chi connectivity index (χ4n) is 8.14. The molecule has 3 heterocycles. The summed E-state index contributed by atoms with van der Waals surface area (Å²) in [6, 6.07) is 46.4. The highest BCUT2D eigenvalue weighted by molar-refractivity contribution is 6.16. The third-order valence-corrected chi connectivity index (χ3v) is 10.2. The van der Waals surface area contributed by atoms with Gasteiger partial charge < -0.3 is 9.13 Å². The quantitative estimate of drug-likeness (QED) is 0.187. The number of hydrogen-bond acceptors (Lipinski definition) is 1. The zero-order valence-electron chi connectivity index (χ0n) is 27.1. The molecule has 3 nitrogen and oxygen atoms in total. The Morgan fingerprint density at radius 1 is 0.551 bits per heavy atom. The Bertz CT molecular complexity index is 2850. The van der Waals surface area contributed by atoms with Crippen LogP contribution in [-0.4, -0.2) is 14.1 Å². The Morgan fingerprint density at radius 3 is 2.10 bits per heavy atom. The number of hydrogen-bond donors (Lipinski definition) is 0. The molecule has 0 atom stereocenters. The van der Waals surface area contributed by atoms with E-state index in [0.717, 1.165) is 33.5 Å². The molecule has 0 N–H and O–H groups in total. The number of pyridine rings is 1. The molecule has 3 aromatic heterocycles. The van der Waals surface area contributed by atoms with E-state index in [2.05, 4.69) is 167 Å². The molecule has 0 fully saturated rings. The summed E-state index contributed by atoms with van der Waals surface area (Å²) in [5.41, 5.74) is 15.4. The highest BCUT2D eigenvalue weighted by atomic mass is 15.0. The van der Waals surface area contributed by atoms with Crippen molar-refractivity contribution >= 4 is 55.6 Å². The first-order chi connectivity index (χ1) is 24.2. The van der Waals surface area contributed by atoms with Gasteiger partial charge >= 0.3 is 0 Å². The van der Waals surface area contributed by atoms with Crippen LogP contribution in [0.1, 0.15) is 18.2 Å². The van der Waals surface area contributed by atoms with Crippen molar-refractivity contribution in [3.63, 3.8) is 0 Å². The van der Waals surface area contributed by atoms with Gasteiger partial charge in [-0.15, -0.1) is 0 Å². The molecule has 0 saturated heterocycles. The highest BCUT2D eigenvalue weighted by Crippen LogP contribution is 2.48. The zero-order valence-corrected chi connectivity index (χ0v) is 27.1. The second-order valence-corrected chi connectivity index (χ2v) is 12.8. The summed E-state index contributed by atoms with van der Waals surface area (Å²) in [5, 5.41) is 6.11. The number of fused-ring (bicyclic) bond motifs is 7. The summed E-state index contributed by atoms with van der Waals surface area (Å²) in [6.45, 7) is 6.31. The van der Waals surface area contributed by atoms with Gasteiger partial charge in [-0.1, -0.05) is 97.6 Å². The molecule has 230 valence electrons. The molecular weight excluding hydrogens is 595 g/mol. The maximum absolute atomic E-state index is 4.67. The Labute approximate surface area is 284 Å². The average molecular weight is 626 g/mol. The minimum absolute atomic E-state index is 1.13. The normalized spacial score (nSPS) is 12.2. The molecule has 3 heteroatoms. The van der Waals surface area contributed by atoms with Crippen molar-refractivity contribution in [2.24, 2.45) is 0 Å². The van der Waals surface area contributed by atoms with Crippen molar-refractivity contribution in [1.29, 1.82) is 0 Å². The zero-order chi connectivity index (χ0) is 32.6. The van der Waals surface area contributed by atoms with Crippen LogP contribution < -0.4 is 0 Å². The second kappa shape index (κ2) is 10.5. The lowest BCUT2D eigenvalue weighted by Crippen LogP contribution is -1.96. The first kappa shape index (κ1) is 27.6. The summed E-state index contributed by atoms with van der Waals surface area (Å²) in [7, 11) is 0. The van der Waals surface area contributed by atoms with Gasteiger partial charge in [0, 0.05) is 61.8 Å². The van der Waals surface area contributed by atoms with Gasteiger partial charge in [0.15, 0.2) is 0 Å². The topological polar surface area (TPSA) is 22.8 Å². The molecule has 0 saturated carbocycles. The van der Waals surface area contributed by atoms with Crippen LogP contribution in [0.5, 0.6) is 0 Å². The molecule has 0 spiro atoms. The van der Waals surface area contributed by atoms with E-state index >= 15 is 0 Å². The van der Waals surface area contributed by atoms with Gasteiger partial charge in [0.1, 0.15) is 0 Å². The number of rotatable bonds is 5. The van der Waals surface area contributed by atoms with E-state index in [0.29, 0.717) is 0 Å². The second-order valence-electron chi connectivity index (χ2n) is 12.8. The van der Waals surface area contributed by atoms with E-state index in [1.165, 1.54) is 66.0 Å². The Kier molecular flexibility index (Phi) is 5.94. The number of benzene rings is 6. The predicted molar refractivity (Wildman–Crippen MR) is 208 cm³/mol. The van der Waals surface area contributed by atoms with Crippen LogP contribution in [0, 0.1) is 0 Å². The fourth-order valence-corrected chi connectivity index (χ4v) is 8.14. The molecule has 0 bridgehead atoms. The van der Waals surface area contributed by atoms with Crippen LogP contribution in [0.15, 0.2) is 152 Å². The Morgan fingerprint density at radius 2 is 1.27 bits per heavy atom. The molecule has 1 aliphatic carbocycles. The van der Waals surface area contributed by atoms with Gasteiger partial charge in [-0.25, -0.2) is 0 Å². The number of nitrogens with zero attached hydrogens (tertiary/aromatic N) is 3. The van der Waals surface area contributed by atoms with Crippen molar-refractivity contribution in [1.82, 2.24) is 14.1 Å². The van der Waals surface area contributed by atoms with E-state index in [4.69, 9.17) is 0 Å². The molecule has 0 amide bonds. The van der Waals surface area contributed by atoms with Gasteiger partial charge in [-0.05, 0) is 89.3 Å². The number of aromatic nitrogens is 3. The molecule has 6 aromatic carbocycles. The molecule has 9 aromatic rings. The molecule has 1 aliphatic rings. The molecule has 49 heavy (non-hydrogen) atoms. The van der Waals surface area contributed by atoms with Crippen molar-refractivity contribution in [3.05, 3.63) is 164 Å². The van der Waals surface area contributed by atoms with Gasteiger partial charge in [0.25, 0.3) is 0 Å². The van der Waals surface area contributed by atoms with E-state index in [1.807, 2.05) is 18.5 Å². The van der Waals surface area contributed by atoms with Crippen LogP contribution in [0.3, 0.4) is 0 Å². The van der Waals surface area contributed by atoms with E-state index in [1.54, 1.807) is 0 Å².